The van der Waals surface area contributed by atoms with Crippen LogP contribution in [0.15, 0.2) is 15.9 Å². The van der Waals surface area contributed by atoms with Gasteiger partial charge in [0.25, 0.3) is 0 Å². The zero-order chi connectivity index (χ0) is 9.19. The molecular formula is C9H14BrNS. The summed E-state index contributed by atoms with van der Waals surface area (Å²) in [5.41, 5.74) is 6.00. The summed E-state index contributed by atoms with van der Waals surface area (Å²) in [7, 11) is 0. The van der Waals surface area contributed by atoms with E-state index in [1.165, 1.54) is 4.88 Å². The molecule has 0 amide bonds. The molecule has 68 valence electrons. The first-order chi connectivity index (χ1) is 5.53. The maximum Gasteiger partial charge on any atom is 0.0285 e. The highest BCUT2D eigenvalue weighted by Crippen LogP contribution is 2.23. The van der Waals surface area contributed by atoms with Crippen LogP contribution in [0.5, 0.6) is 0 Å². The van der Waals surface area contributed by atoms with Gasteiger partial charge in [-0.15, -0.1) is 11.3 Å². The largest absolute Gasteiger partial charge is 0.325 e. The van der Waals surface area contributed by atoms with Crippen molar-refractivity contribution in [2.24, 2.45) is 5.73 Å². The fourth-order valence-electron chi connectivity index (χ4n) is 0.970. The first-order valence-corrected chi connectivity index (χ1v) is 5.72. The highest BCUT2D eigenvalue weighted by Gasteiger charge is 2.16. The Kier molecular flexibility index (Phi) is 3.32. The SMILES string of the molecule is CCC(C)(N)Cc1cc(Br)cs1. The van der Waals surface area contributed by atoms with Gasteiger partial charge in [-0.25, -0.2) is 0 Å². The van der Waals surface area contributed by atoms with Gasteiger partial charge in [0.05, 0.1) is 0 Å². The van der Waals surface area contributed by atoms with Crippen molar-refractivity contribution in [2.45, 2.75) is 32.2 Å². The normalized spacial score (nSPS) is 16.0. The van der Waals surface area contributed by atoms with Crippen LogP contribution in [0.3, 0.4) is 0 Å². The first-order valence-electron chi connectivity index (χ1n) is 4.05. The van der Waals surface area contributed by atoms with E-state index in [-0.39, 0.29) is 5.54 Å². The molecule has 12 heavy (non-hydrogen) atoms. The fourth-order valence-corrected chi connectivity index (χ4v) is 2.62. The minimum Gasteiger partial charge on any atom is -0.325 e. The van der Waals surface area contributed by atoms with Crippen LogP contribution in [0.2, 0.25) is 0 Å². The molecule has 2 N–H and O–H groups in total. The van der Waals surface area contributed by atoms with Gasteiger partial charge in [-0.1, -0.05) is 6.92 Å². The van der Waals surface area contributed by atoms with Gasteiger partial charge in [-0.3, -0.25) is 0 Å². The molecule has 0 aromatic carbocycles. The number of halogens is 1. The second kappa shape index (κ2) is 3.90. The lowest BCUT2D eigenvalue weighted by molar-refractivity contribution is 0.453. The quantitative estimate of drug-likeness (QED) is 0.873. The van der Waals surface area contributed by atoms with E-state index in [4.69, 9.17) is 5.73 Å². The average Bonchev–Trinajstić information content (AvgIpc) is 2.35. The lowest BCUT2D eigenvalue weighted by atomic mass is 9.95. The second-order valence-electron chi connectivity index (χ2n) is 3.42. The standard InChI is InChI=1S/C9H14BrNS/c1-3-9(2,11)5-8-4-7(10)6-12-8/h4,6H,3,5,11H2,1-2H3. The van der Waals surface area contributed by atoms with Gasteiger partial charge in [0.1, 0.15) is 0 Å². The Morgan fingerprint density at radius 3 is 2.75 bits per heavy atom. The van der Waals surface area contributed by atoms with Crippen molar-refractivity contribution in [3.05, 3.63) is 20.8 Å². The molecule has 1 atom stereocenters. The highest BCUT2D eigenvalue weighted by atomic mass is 79.9. The smallest absolute Gasteiger partial charge is 0.0285 e. The Morgan fingerprint density at radius 2 is 2.33 bits per heavy atom. The number of hydrogen-bond donors (Lipinski definition) is 1. The van der Waals surface area contributed by atoms with Gasteiger partial charge in [0.2, 0.25) is 0 Å². The Labute approximate surface area is 86.1 Å². The minimum absolute atomic E-state index is 0.0513. The topological polar surface area (TPSA) is 26.0 Å². The number of nitrogens with two attached hydrogens (primary N) is 1. The van der Waals surface area contributed by atoms with Crippen LogP contribution in [0.4, 0.5) is 0 Å². The molecule has 1 aromatic heterocycles. The molecule has 0 aliphatic heterocycles. The summed E-state index contributed by atoms with van der Waals surface area (Å²) < 4.78 is 1.16. The van der Waals surface area contributed by atoms with E-state index in [0.29, 0.717) is 0 Å². The van der Waals surface area contributed by atoms with E-state index in [2.05, 4.69) is 41.2 Å². The van der Waals surface area contributed by atoms with Crippen molar-refractivity contribution < 1.29 is 0 Å². The van der Waals surface area contributed by atoms with Crippen molar-refractivity contribution in [1.29, 1.82) is 0 Å². The Bertz CT molecular complexity index is 255. The predicted molar refractivity (Wildman–Crippen MR) is 58.6 cm³/mol. The molecule has 0 saturated carbocycles. The molecule has 1 unspecified atom stereocenters. The summed E-state index contributed by atoms with van der Waals surface area (Å²) in [4.78, 5) is 1.36. The van der Waals surface area contributed by atoms with Crippen molar-refractivity contribution in [3.63, 3.8) is 0 Å². The number of hydrogen-bond acceptors (Lipinski definition) is 2. The molecule has 0 radical (unpaired) electrons. The zero-order valence-electron chi connectivity index (χ0n) is 7.43. The van der Waals surface area contributed by atoms with Crippen LogP contribution >= 0.6 is 27.3 Å². The highest BCUT2D eigenvalue weighted by molar-refractivity contribution is 9.10. The Morgan fingerprint density at radius 1 is 1.67 bits per heavy atom. The van der Waals surface area contributed by atoms with Crippen LogP contribution in [0.1, 0.15) is 25.1 Å². The minimum atomic E-state index is -0.0513. The maximum atomic E-state index is 6.05. The molecule has 1 aromatic rings. The average molecular weight is 248 g/mol. The second-order valence-corrected chi connectivity index (χ2v) is 5.33. The third-order valence-corrected chi connectivity index (χ3v) is 3.71. The van der Waals surface area contributed by atoms with Crippen molar-refractivity contribution in [1.82, 2.24) is 0 Å². The van der Waals surface area contributed by atoms with Crippen molar-refractivity contribution in [2.75, 3.05) is 0 Å². The summed E-state index contributed by atoms with van der Waals surface area (Å²) in [6.07, 6.45) is 1.99. The van der Waals surface area contributed by atoms with Gasteiger partial charge in [-0.2, -0.15) is 0 Å². The van der Waals surface area contributed by atoms with Crippen molar-refractivity contribution in [3.8, 4) is 0 Å². The molecular weight excluding hydrogens is 234 g/mol. The summed E-state index contributed by atoms with van der Waals surface area (Å²) in [5, 5.41) is 2.10. The zero-order valence-corrected chi connectivity index (χ0v) is 9.83. The lowest BCUT2D eigenvalue weighted by Gasteiger charge is -2.21. The van der Waals surface area contributed by atoms with Gasteiger partial charge in [-0.05, 0) is 41.8 Å². The molecule has 1 heterocycles. The van der Waals surface area contributed by atoms with E-state index >= 15 is 0 Å². The Balaban J connectivity index is 2.63. The lowest BCUT2D eigenvalue weighted by Crippen LogP contribution is -2.37. The van der Waals surface area contributed by atoms with Crippen LogP contribution in [-0.4, -0.2) is 5.54 Å². The molecule has 0 fully saturated rings. The van der Waals surface area contributed by atoms with E-state index in [0.717, 1.165) is 17.3 Å². The third-order valence-electron chi connectivity index (χ3n) is 2.01. The van der Waals surface area contributed by atoms with Crippen LogP contribution < -0.4 is 5.73 Å². The molecule has 0 aliphatic carbocycles. The van der Waals surface area contributed by atoms with Gasteiger partial charge < -0.3 is 5.73 Å². The molecule has 0 saturated heterocycles. The van der Waals surface area contributed by atoms with Crippen LogP contribution in [0, 0.1) is 0 Å². The van der Waals surface area contributed by atoms with Crippen LogP contribution in [-0.2, 0) is 6.42 Å². The summed E-state index contributed by atoms with van der Waals surface area (Å²) in [6.45, 7) is 4.23. The predicted octanol–water partition coefficient (Wildman–Crippen LogP) is 3.18. The fraction of sp³-hybridized carbons (Fsp3) is 0.556. The summed E-state index contributed by atoms with van der Waals surface area (Å²) in [5.74, 6) is 0. The third kappa shape index (κ3) is 2.88. The molecule has 0 spiro atoms. The van der Waals surface area contributed by atoms with Gasteiger partial charge in [0, 0.05) is 20.3 Å². The molecule has 1 nitrogen and oxygen atoms in total. The van der Waals surface area contributed by atoms with E-state index < -0.39 is 0 Å². The van der Waals surface area contributed by atoms with Gasteiger partial charge in [0.15, 0.2) is 0 Å². The first kappa shape index (κ1) is 10.2. The number of rotatable bonds is 3. The van der Waals surface area contributed by atoms with E-state index in [1.807, 2.05) is 0 Å². The molecule has 0 bridgehead atoms. The van der Waals surface area contributed by atoms with Crippen LogP contribution in [0.25, 0.3) is 0 Å². The maximum absolute atomic E-state index is 6.05. The van der Waals surface area contributed by atoms with Gasteiger partial charge >= 0.3 is 0 Å². The van der Waals surface area contributed by atoms with Crippen molar-refractivity contribution >= 4 is 27.3 Å². The summed E-state index contributed by atoms with van der Waals surface area (Å²) >= 11 is 5.20. The summed E-state index contributed by atoms with van der Waals surface area (Å²) in [6, 6.07) is 2.14. The Hall–Kier alpha value is 0.140. The number of thiophene rings is 1. The van der Waals surface area contributed by atoms with E-state index in [9.17, 15) is 0 Å². The molecule has 3 heteroatoms. The molecule has 0 aliphatic rings. The molecule has 1 rings (SSSR count). The van der Waals surface area contributed by atoms with E-state index in [1.54, 1.807) is 11.3 Å². The monoisotopic (exact) mass is 247 g/mol.